The average Bonchev–Trinajstić information content (AvgIpc) is 2.77. The summed E-state index contributed by atoms with van der Waals surface area (Å²) in [6, 6.07) is 5.89. The first kappa shape index (κ1) is 15.4. The van der Waals surface area contributed by atoms with Gasteiger partial charge < -0.3 is 5.11 Å². The van der Waals surface area contributed by atoms with Gasteiger partial charge in [0.15, 0.2) is 0 Å². The lowest BCUT2D eigenvalue weighted by Gasteiger charge is -2.17. The Morgan fingerprint density at radius 3 is 3.00 bits per heavy atom. The quantitative estimate of drug-likeness (QED) is 0.804. The standard InChI is InChI=1S/C13H15BrN2O3S/c1-7(17)10(13(18)15-19-2)6-11-9-4-3-8(14)5-12(9)20-16-11/h3-5,7,10,17H,6H2,1-2H3,(H,15,18)/t7-,10+/m1/s1. The van der Waals surface area contributed by atoms with Crippen LogP contribution in [0.5, 0.6) is 0 Å². The molecular weight excluding hydrogens is 344 g/mol. The zero-order chi connectivity index (χ0) is 14.7. The Kier molecular flexibility index (Phi) is 5.09. The third-order valence-electron chi connectivity index (χ3n) is 3.04. The Morgan fingerprint density at radius 1 is 1.60 bits per heavy atom. The molecule has 0 aliphatic rings. The van der Waals surface area contributed by atoms with Crippen LogP contribution in [0.4, 0.5) is 0 Å². The summed E-state index contributed by atoms with van der Waals surface area (Å²) in [5.41, 5.74) is 3.08. The Bertz CT molecular complexity index is 615. The summed E-state index contributed by atoms with van der Waals surface area (Å²) in [5, 5.41) is 10.8. The van der Waals surface area contributed by atoms with Crippen LogP contribution in [0.2, 0.25) is 0 Å². The van der Waals surface area contributed by atoms with Crippen LogP contribution in [-0.2, 0) is 16.1 Å². The molecule has 0 spiro atoms. The number of nitrogens with zero attached hydrogens (tertiary/aromatic N) is 1. The Balaban J connectivity index is 2.27. The van der Waals surface area contributed by atoms with Crippen LogP contribution < -0.4 is 5.48 Å². The van der Waals surface area contributed by atoms with E-state index in [1.165, 1.54) is 18.6 Å². The minimum atomic E-state index is -0.780. The number of aromatic nitrogens is 1. The summed E-state index contributed by atoms with van der Waals surface area (Å²) in [6.45, 7) is 1.59. The number of fused-ring (bicyclic) bond motifs is 1. The van der Waals surface area contributed by atoms with Crippen molar-refractivity contribution in [3.8, 4) is 0 Å². The van der Waals surface area contributed by atoms with E-state index in [2.05, 4.69) is 30.6 Å². The SMILES string of the molecule is CONC(=O)[C@@H](Cc1nsc2cc(Br)ccc12)[C@@H](C)O. The second-order valence-corrected chi connectivity index (χ2v) is 6.21. The van der Waals surface area contributed by atoms with Crippen molar-refractivity contribution < 1.29 is 14.7 Å². The number of hydrogen-bond donors (Lipinski definition) is 2. The van der Waals surface area contributed by atoms with Gasteiger partial charge in [0.2, 0.25) is 5.91 Å². The van der Waals surface area contributed by atoms with Crippen LogP contribution in [0.15, 0.2) is 22.7 Å². The molecule has 1 heterocycles. The number of rotatable bonds is 5. The lowest BCUT2D eigenvalue weighted by Crippen LogP contribution is -2.37. The predicted octanol–water partition coefficient (Wildman–Crippen LogP) is 2.28. The first-order chi connectivity index (χ1) is 9.52. The van der Waals surface area contributed by atoms with Crippen molar-refractivity contribution in [2.45, 2.75) is 19.4 Å². The monoisotopic (exact) mass is 358 g/mol. The molecule has 20 heavy (non-hydrogen) atoms. The van der Waals surface area contributed by atoms with E-state index < -0.39 is 12.0 Å². The van der Waals surface area contributed by atoms with Gasteiger partial charge in [0.1, 0.15) is 0 Å². The van der Waals surface area contributed by atoms with E-state index in [1.807, 2.05) is 18.2 Å². The number of aliphatic hydroxyl groups is 1. The van der Waals surface area contributed by atoms with Crippen LogP contribution in [0.1, 0.15) is 12.6 Å². The zero-order valence-electron chi connectivity index (χ0n) is 11.1. The van der Waals surface area contributed by atoms with Gasteiger partial charge in [-0.3, -0.25) is 9.63 Å². The van der Waals surface area contributed by atoms with Crippen LogP contribution in [-0.4, -0.2) is 28.6 Å². The van der Waals surface area contributed by atoms with E-state index in [-0.39, 0.29) is 5.91 Å². The largest absolute Gasteiger partial charge is 0.393 e. The summed E-state index contributed by atoms with van der Waals surface area (Å²) in [7, 11) is 1.37. The molecule has 0 unspecified atom stereocenters. The second kappa shape index (κ2) is 6.62. The maximum Gasteiger partial charge on any atom is 0.249 e. The number of benzene rings is 1. The average molecular weight is 359 g/mol. The molecule has 2 aromatic rings. The summed E-state index contributed by atoms with van der Waals surface area (Å²) < 4.78 is 6.43. The van der Waals surface area contributed by atoms with E-state index in [0.29, 0.717) is 6.42 Å². The van der Waals surface area contributed by atoms with Gasteiger partial charge in [-0.15, -0.1) is 0 Å². The molecule has 0 radical (unpaired) electrons. The lowest BCUT2D eigenvalue weighted by molar-refractivity contribution is -0.138. The molecule has 2 N–H and O–H groups in total. The molecule has 0 fully saturated rings. The van der Waals surface area contributed by atoms with Crippen LogP contribution >= 0.6 is 27.5 Å². The highest BCUT2D eigenvalue weighted by atomic mass is 79.9. The smallest absolute Gasteiger partial charge is 0.249 e. The molecule has 108 valence electrons. The van der Waals surface area contributed by atoms with Crippen molar-refractivity contribution in [1.82, 2.24) is 9.85 Å². The summed E-state index contributed by atoms with van der Waals surface area (Å²) in [4.78, 5) is 16.5. The van der Waals surface area contributed by atoms with Gasteiger partial charge in [-0.25, -0.2) is 5.48 Å². The van der Waals surface area contributed by atoms with Crippen molar-refractivity contribution in [2.75, 3.05) is 7.11 Å². The van der Waals surface area contributed by atoms with Crippen molar-refractivity contribution in [2.24, 2.45) is 5.92 Å². The fraction of sp³-hybridized carbons (Fsp3) is 0.385. The minimum absolute atomic E-state index is 0.347. The fourth-order valence-corrected chi connectivity index (χ4v) is 3.34. The molecule has 0 bridgehead atoms. The zero-order valence-corrected chi connectivity index (χ0v) is 13.5. The van der Waals surface area contributed by atoms with E-state index >= 15 is 0 Å². The van der Waals surface area contributed by atoms with E-state index in [9.17, 15) is 9.90 Å². The third-order valence-corrected chi connectivity index (χ3v) is 4.38. The second-order valence-electron chi connectivity index (χ2n) is 4.49. The normalized spacial score (nSPS) is 14.2. The van der Waals surface area contributed by atoms with Gasteiger partial charge >= 0.3 is 0 Å². The van der Waals surface area contributed by atoms with E-state index in [4.69, 9.17) is 0 Å². The van der Waals surface area contributed by atoms with Gasteiger partial charge in [-0.1, -0.05) is 22.0 Å². The molecular formula is C13H15BrN2O3S. The predicted molar refractivity (Wildman–Crippen MR) is 81.3 cm³/mol. The van der Waals surface area contributed by atoms with E-state index in [0.717, 1.165) is 20.3 Å². The molecule has 0 aliphatic carbocycles. The summed E-state index contributed by atoms with van der Waals surface area (Å²) in [6.07, 6.45) is -0.411. The van der Waals surface area contributed by atoms with Gasteiger partial charge in [0.05, 0.1) is 29.5 Å². The molecule has 0 aliphatic heterocycles. The minimum Gasteiger partial charge on any atom is -0.393 e. The lowest BCUT2D eigenvalue weighted by atomic mass is 9.96. The topological polar surface area (TPSA) is 71.5 Å². The van der Waals surface area contributed by atoms with E-state index in [1.54, 1.807) is 6.92 Å². The first-order valence-corrected chi connectivity index (χ1v) is 7.64. The highest BCUT2D eigenvalue weighted by Crippen LogP contribution is 2.28. The number of nitrogens with one attached hydrogen (secondary N) is 1. The Hall–Kier alpha value is -1.02. The third kappa shape index (κ3) is 3.35. The highest BCUT2D eigenvalue weighted by molar-refractivity contribution is 9.10. The maximum absolute atomic E-state index is 11.9. The molecule has 1 aromatic carbocycles. The Labute approximate surface area is 129 Å². The van der Waals surface area contributed by atoms with Gasteiger partial charge in [-0.2, -0.15) is 4.37 Å². The number of carbonyl (C=O) groups excluding carboxylic acids is 1. The van der Waals surface area contributed by atoms with Crippen molar-refractivity contribution in [1.29, 1.82) is 0 Å². The molecule has 0 saturated heterocycles. The number of carbonyl (C=O) groups is 1. The number of hydroxylamine groups is 1. The molecule has 2 atom stereocenters. The van der Waals surface area contributed by atoms with Gasteiger partial charge in [0.25, 0.3) is 0 Å². The molecule has 1 amide bonds. The molecule has 7 heteroatoms. The number of hydrogen-bond acceptors (Lipinski definition) is 5. The molecule has 2 rings (SSSR count). The Morgan fingerprint density at radius 2 is 2.35 bits per heavy atom. The van der Waals surface area contributed by atoms with Crippen molar-refractivity contribution in [3.63, 3.8) is 0 Å². The summed E-state index contributed by atoms with van der Waals surface area (Å²) >= 11 is 4.80. The highest BCUT2D eigenvalue weighted by Gasteiger charge is 2.26. The van der Waals surface area contributed by atoms with Gasteiger partial charge in [0, 0.05) is 16.3 Å². The summed E-state index contributed by atoms with van der Waals surface area (Å²) in [5.74, 6) is -0.940. The van der Waals surface area contributed by atoms with Gasteiger partial charge in [-0.05, 0) is 30.6 Å². The fourth-order valence-electron chi connectivity index (χ4n) is 1.98. The maximum atomic E-state index is 11.9. The number of amides is 1. The van der Waals surface area contributed by atoms with Crippen molar-refractivity contribution in [3.05, 3.63) is 28.4 Å². The molecule has 0 saturated carbocycles. The number of aliphatic hydroxyl groups excluding tert-OH is 1. The molecule has 5 nitrogen and oxygen atoms in total. The van der Waals surface area contributed by atoms with Crippen LogP contribution in [0, 0.1) is 5.92 Å². The first-order valence-electron chi connectivity index (χ1n) is 6.07. The van der Waals surface area contributed by atoms with Crippen LogP contribution in [0.25, 0.3) is 10.1 Å². The molecule has 1 aromatic heterocycles. The number of halogens is 1. The van der Waals surface area contributed by atoms with Crippen LogP contribution in [0.3, 0.4) is 0 Å². The van der Waals surface area contributed by atoms with Crippen molar-refractivity contribution >= 4 is 43.5 Å².